The van der Waals surface area contributed by atoms with Gasteiger partial charge in [-0.15, -0.1) is 0 Å². The summed E-state index contributed by atoms with van der Waals surface area (Å²) in [6.45, 7) is 8.08. The van der Waals surface area contributed by atoms with Crippen molar-refractivity contribution in [3.8, 4) is 0 Å². The van der Waals surface area contributed by atoms with Crippen molar-refractivity contribution in [1.82, 2.24) is 9.97 Å². The number of nitrogens with one attached hydrogen (secondary N) is 2. The van der Waals surface area contributed by atoms with E-state index in [-0.39, 0.29) is 11.6 Å². The first-order valence-corrected chi connectivity index (χ1v) is 8.47. The van der Waals surface area contributed by atoms with E-state index >= 15 is 0 Å². The topological polar surface area (TPSA) is 66.9 Å². The SMILES string of the molecule is Cc1ccc(C)c(NC(=O)c2cnc(Nc3ccc(C)c(C)c3)cn2)c1. The van der Waals surface area contributed by atoms with Gasteiger partial charge in [0.1, 0.15) is 11.5 Å². The fourth-order valence-corrected chi connectivity index (χ4v) is 2.53. The molecule has 2 aromatic carbocycles. The van der Waals surface area contributed by atoms with Crippen molar-refractivity contribution in [3.63, 3.8) is 0 Å². The minimum atomic E-state index is -0.274. The Morgan fingerprint density at radius 2 is 1.62 bits per heavy atom. The lowest BCUT2D eigenvalue weighted by atomic mass is 10.1. The number of amides is 1. The molecule has 3 aromatic rings. The van der Waals surface area contributed by atoms with E-state index in [9.17, 15) is 4.79 Å². The Kier molecular flexibility index (Phi) is 4.98. The van der Waals surface area contributed by atoms with E-state index in [4.69, 9.17) is 0 Å². The molecule has 2 N–H and O–H groups in total. The van der Waals surface area contributed by atoms with Crippen LogP contribution in [0, 0.1) is 27.7 Å². The van der Waals surface area contributed by atoms with Gasteiger partial charge in [0, 0.05) is 11.4 Å². The Balaban J connectivity index is 1.71. The number of aryl methyl sites for hydroxylation is 4. The van der Waals surface area contributed by atoms with Crippen LogP contribution in [-0.2, 0) is 0 Å². The summed E-state index contributed by atoms with van der Waals surface area (Å²) in [6, 6.07) is 12.0. The van der Waals surface area contributed by atoms with Gasteiger partial charge in [0.15, 0.2) is 0 Å². The van der Waals surface area contributed by atoms with Crippen molar-refractivity contribution in [3.05, 3.63) is 76.7 Å². The quantitative estimate of drug-likeness (QED) is 0.718. The fraction of sp³-hybridized carbons (Fsp3) is 0.190. The second kappa shape index (κ2) is 7.35. The van der Waals surface area contributed by atoms with Crippen molar-refractivity contribution < 1.29 is 4.79 Å². The minimum absolute atomic E-state index is 0.274. The monoisotopic (exact) mass is 346 g/mol. The number of rotatable bonds is 4. The van der Waals surface area contributed by atoms with E-state index in [2.05, 4.69) is 46.6 Å². The highest BCUT2D eigenvalue weighted by Gasteiger charge is 2.10. The molecular weight excluding hydrogens is 324 g/mol. The molecule has 0 fully saturated rings. The lowest BCUT2D eigenvalue weighted by Crippen LogP contribution is -2.15. The van der Waals surface area contributed by atoms with Crippen LogP contribution in [0.2, 0.25) is 0 Å². The summed E-state index contributed by atoms with van der Waals surface area (Å²) in [5.41, 5.74) is 6.53. The van der Waals surface area contributed by atoms with Crippen LogP contribution in [0.3, 0.4) is 0 Å². The largest absolute Gasteiger partial charge is 0.339 e. The van der Waals surface area contributed by atoms with Gasteiger partial charge in [-0.05, 0) is 68.1 Å². The third kappa shape index (κ3) is 4.06. The maximum Gasteiger partial charge on any atom is 0.275 e. The first-order chi connectivity index (χ1) is 12.4. The third-order valence-electron chi connectivity index (χ3n) is 4.31. The zero-order chi connectivity index (χ0) is 18.7. The molecule has 0 unspecified atom stereocenters. The maximum atomic E-state index is 12.4. The molecule has 0 bridgehead atoms. The predicted molar refractivity (Wildman–Crippen MR) is 105 cm³/mol. The number of carbonyl (C=O) groups is 1. The van der Waals surface area contributed by atoms with Crippen molar-refractivity contribution >= 4 is 23.1 Å². The zero-order valence-corrected chi connectivity index (χ0v) is 15.4. The Labute approximate surface area is 153 Å². The number of benzene rings is 2. The fourth-order valence-electron chi connectivity index (χ4n) is 2.53. The molecule has 132 valence electrons. The van der Waals surface area contributed by atoms with Crippen molar-refractivity contribution in [2.24, 2.45) is 0 Å². The van der Waals surface area contributed by atoms with Gasteiger partial charge in [0.2, 0.25) is 0 Å². The second-order valence-electron chi connectivity index (χ2n) is 6.48. The zero-order valence-electron chi connectivity index (χ0n) is 15.4. The number of carbonyl (C=O) groups excluding carboxylic acids is 1. The van der Waals surface area contributed by atoms with E-state index in [1.165, 1.54) is 17.3 Å². The maximum absolute atomic E-state index is 12.4. The summed E-state index contributed by atoms with van der Waals surface area (Å²) >= 11 is 0. The number of hydrogen-bond acceptors (Lipinski definition) is 4. The standard InChI is InChI=1S/C21H22N4O/c1-13-5-6-15(3)18(9-13)25-21(26)19-11-23-20(12-22-19)24-17-8-7-14(2)16(4)10-17/h5-12H,1-4H3,(H,23,24)(H,25,26). The van der Waals surface area contributed by atoms with E-state index < -0.39 is 0 Å². The van der Waals surface area contributed by atoms with Crippen LogP contribution >= 0.6 is 0 Å². The van der Waals surface area contributed by atoms with Crippen LogP contribution in [-0.4, -0.2) is 15.9 Å². The van der Waals surface area contributed by atoms with Gasteiger partial charge in [-0.3, -0.25) is 4.79 Å². The minimum Gasteiger partial charge on any atom is -0.339 e. The summed E-state index contributed by atoms with van der Waals surface area (Å²) in [5, 5.41) is 6.09. The first kappa shape index (κ1) is 17.6. The number of nitrogens with zero attached hydrogens (tertiary/aromatic N) is 2. The molecule has 0 saturated heterocycles. The van der Waals surface area contributed by atoms with E-state index in [1.807, 2.05) is 38.1 Å². The second-order valence-corrected chi connectivity index (χ2v) is 6.48. The molecular formula is C21H22N4O. The number of hydrogen-bond donors (Lipinski definition) is 2. The summed E-state index contributed by atoms with van der Waals surface area (Å²) in [5.74, 6) is 0.320. The van der Waals surface area contributed by atoms with Gasteiger partial charge >= 0.3 is 0 Å². The van der Waals surface area contributed by atoms with Gasteiger partial charge in [0.05, 0.1) is 12.4 Å². The van der Waals surface area contributed by atoms with Crippen LogP contribution in [0.15, 0.2) is 48.8 Å². The molecule has 0 atom stereocenters. The Morgan fingerprint density at radius 3 is 2.31 bits per heavy atom. The summed E-state index contributed by atoms with van der Waals surface area (Å²) in [4.78, 5) is 20.9. The van der Waals surface area contributed by atoms with Crippen molar-refractivity contribution in [2.45, 2.75) is 27.7 Å². The highest BCUT2D eigenvalue weighted by atomic mass is 16.1. The van der Waals surface area contributed by atoms with E-state index in [1.54, 1.807) is 6.20 Å². The molecule has 26 heavy (non-hydrogen) atoms. The van der Waals surface area contributed by atoms with Gasteiger partial charge in [-0.2, -0.15) is 0 Å². The summed E-state index contributed by atoms with van der Waals surface area (Å²) < 4.78 is 0. The molecule has 5 heteroatoms. The molecule has 1 heterocycles. The highest BCUT2D eigenvalue weighted by Crippen LogP contribution is 2.19. The molecule has 0 aliphatic carbocycles. The van der Waals surface area contributed by atoms with Crippen molar-refractivity contribution in [1.29, 1.82) is 0 Å². The smallest absolute Gasteiger partial charge is 0.275 e. The Hall–Kier alpha value is -3.21. The van der Waals surface area contributed by atoms with Crippen molar-refractivity contribution in [2.75, 3.05) is 10.6 Å². The molecule has 1 aromatic heterocycles. The molecule has 5 nitrogen and oxygen atoms in total. The molecule has 1 amide bonds. The predicted octanol–water partition coefficient (Wildman–Crippen LogP) is 4.71. The highest BCUT2D eigenvalue weighted by molar-refractivity contribution is 6.03. The Morgan fingerprint density at radius 1 is 0.846 bits per heavy atom. The molecule has 3 rings (SSSR count). The van der Waals surface area contributed by atoms with Crippen LogP contribution in [0.25, 0.3) is 0 Å². The van der Waals surface area contributed by atoms with Gasteiger partial charge in [-0.1, -0.05) is 18.2 Å². The van der Waals surface area contributed by atoms with Crippen LogP contribution in [0.5, 0.6) is 0 Å². The number of aromatic nitrogens is 2. The average molecular weight is 346 g/mol. The normalized spacial score (nSPS) is 10.5. The Bertz CT molecular complexity index is 949. The van der Waals surface area contributed by atoms with Gasteiger partial charge in [0.25, 0.3) is 5.91 Å². The number of anilines is 3. The third-order valence-corrected chi connectivity index (χ3v) is 4.31. The lowest BCUT2D eigenvalue weighted by Gasteiger charge is -2.10. The van der Waals surface area contributed by atoms with Crippen LogP contribution in [0.1, 0.15) is 32.7 Å². The van der Waals surface area contributed by atoms with Crippen LogP contribution < -0.4 is 10.6 Å². The van der Waals surface area contributed by atoms with E-state index in [0.717, 1.165) is 22.5 Å². The van der Waals surface area contributed by atoms with E-state index in [0.29, 0.717) is 5.82 Å². The molecule has 0 radical (unpaired) electrons. The van der Waals surface area contributed by atoms with Gasteiger partial charge < -0.3 is 10.6 Å². The average Bonchev–Trinajstić information content (AvgIpc) is 2.62. The molecule has 0 spiro atoms. The molecule has 0 saturated carbocycles. The molecule has 0 aliphatic rings. The molecule has 0 aliphatic heterocycles. The summed E-state index contributed by atoms with van der Waals surface area (Å²) in [7, 11) is 0. The van der Waals surface area contributed by atoms with Crippen LogP contribution in [0.4, 0.5) is 17.2 Å². The first-order valence-electron chi connectivity index (χ1n) is 8.47. The van der Waals surface area contributed by atoms with Gasteiger partial charge in [-0.25, -0.2) is 9.97 Å². The lowest BCUT2D eigenvalue weighted by molar-refractivity contribution is 0.102. The summed E-state index contributed by atoms with van der Waals surface area (Å²) in [6.07, 6.45) is 3.04.